The molecular weight excluding hydrogens is 397 g/mol. The zero-order valence-electron chi connectivity index (χ0n) is 14.3. The van der Waals surface area contributed by atoms with E-state index in [9.17, 15) is 0 Å². The number of hydrogen-bond donors (Lipinski definition) is 4. The minimum absolute atomic E-state index is 0.0391. The second kappa shape index (κ2) is 6.80. The maximum Gasteiger partial charge on any atom is 0.0908 e. The van der Waals surface area contributed by atoms with Crippen LogP contribution in [-0.2, 0) is 12.2 Å². The first-order chi connectivity index (χ1) is 10.3. The van der Waals surface area contributed by atoms with Crippen LogP contribution in [0, 0.1) is 5.41 Å². The summed E-state index contributed by atoms with van der Waals surface area (Å²) in [5.41, 5.74) is 3.67. The van der Waals surface area contributed by atoms with Crippen molar-refractivity contribution in [2.45, 2.75) is 46.9 Å². The SMILES string of the molecule is CC(S)(S)c1cc(C(C)(S)S)cc(C2(C(C)(C)C)SCCS2)c1. The predicted octanol–water partition coefficient (Wildman–Crippen LogP) is 6.43. The van der Waals surface area contributed by atoms with Crippen molar-refractivity contribution in [2.24, 2.45) is 5.41 Å². The van der Waals surface area contributed by atoms with Crippen LogP contribution >= 0.6 is 74.0 Å². The Morgan fingerprint density at radius 1 is 0.783 bits per heavy atom. The van der Waals surface area contributed by atoms with Crippen LogP contribution in [-0.4, -0.2) is 11.5 Å². The van der Waals surface area contributed by atoms with E-state index in [1.165, 1.54) is 17.1 Å². The molecule has 0 atom stereocenters. The largest absolute Gasteiger partial charge is 0.157 e. The van der Waals surface area contributed by atoms with Crippen LogP contribution in [0.15, 0.2) is 18.2 Å². The van der Waals surface area contributed by atoms with Crippen LogP contribution < -0.4 is 0 Å². The molecule has 1 aromatic carbocycles. The first kappa shape index (κ1) is 20.6. The molecule has 0 amide bonds. The molecule has 1 aliphatic heterocycles. The Kier molecular flexibility index (Phi) is 6.10. The lowest BCUT2D eigenvalue weighted by Gasteiger charge is -2.42. The van der Waals surface area contributed by atoms with E-state index in [4.69, 9.17) is 0 Å². The molecule has 1 fully saturated rings. The molecule has 0 N–H and O–H groups in total. The van der Waals surface area contributed by atoms with E-state index < -0.39 is 8.16 Å². The first-order valence-electron chi connectivity index (χ1n) is 7.61. The van der Waals surface area contributed by atoms with E-state index in [1.54, 1.807) is 0 Å². The lowest BCUT2D eigenvalue weighted by atomic mass is 9.85. The smallest absolute Gasteiger partial charge is 0.0908 e. The van der Waals surface area contributed by atoms with Crippen LogP contribution in [0.5, 0.6) is 0 Å². The highest BCUT2D eigenvalue weighted by Crippen LogP contribution is 2.62. The number of thiol groups is 4. The summed E-state index contributed by atoms with van der Waals surface area (Å²) >= 11 is 22.8. The fraction of sp³-hybridized carbons (Fsp3) is 0.647. The van der Waals surface area contributed by atoms with Gasteiger partial charge < -0.3 is 0 Å². The van der Waals surface area contributed by atoms with E-state index in [1.807, 2.05) is 13.8 Å². The summed E-state index contributed by atoms with van der Waals surface area (Å²) in [5, 5.41) is 0. The fourth-order valence-electron chi connectivity index (χ4n) is 2.81. The molecule has 1 aliphatic rings. The molecule has 0 spiro atoms. The average molecular weight is 423 g/mol. The van der Waals surface area contributed by atoms with Crippen LogP contribution in [0.3, 0.4) is 0 Å². The molecule has 0 aliphatic carbocycles. The molecule has 1 heterocycles. The Hall–Kier alpha value is 1.32. The topological polar surface area (TPSA) is 0 Å². The van der Waals surface area contributed by atoms with Gasteiger partial charge in [0.15, 0.2) is 0 Å². The number of benzene rings is 1. The minimum atomic E-state index is -0.495. The fourth-order valence-corrected chi connectivity index (χ4v) is 6.84. The molecule has 0 nitrogen and oxygen atoms in total. The van der Waals surface area contributed by atoms with Crippen molar-refractivity contribution in [3.05, 3.63) is 34.9 Å². The Balaban J connectivity index is 2.70. The Labute approximate surface area is 171 Å². The highest BCUT2D eigenvalue weighted by Gasteiger charge is 2.48. The van der Waals surface area contributed by atoms with Crippen LogP contribution in [0.25, 0.3) is 0 Å². The molecule has 130 valence electrons. The van der Waals surface area contributed by atoms with Gasteiger partial charge in [-0.15, -0.1) is 23.5 Å². The number of rotatable bonds is 3. The van der Waals surface area contributed by atoms with Gasteiger partial charge in [0.05, 0.1) is 12.2 Å². The molecular formula is C17H26S6. The van der Waals surface area contributed by atoms with Gasteiger partial charge in [0.2, 0.25) is 0 Å². The molecule has 0 aromatic heterocycles. The summed E-state index contributed by atoms with van der Waals surface area (Å²) in [6, 6.07) is 6.67. The third-order valence-corrected chi connectivity index (χ3v) is 9.41. The van der Waals surface area contributed by atoms with Crippen LogP contribution in [0.2, 0.25) is 0 Å². The summed E-state index contributed by atoms with van der Waals surface area (Å²) in [6.07, 6.45) is 0. The van der Waals surface area contributed by atoms with Crippen LogP contribution in [0.1, 0.15) is 51.3 Å². The molecule has 0 saturated carbocycles. The van der Waals surface area contributed by atoms with Gasteiger partial charge in [0.25, 0.3) is 0 Å². The third-order valence-electron chi connectivity index (χ3n) is 4.09. The summed E-state index contributed by atoms with van der Waals surface area (Å²) in [7, 11) is 0. The Bertz CT molecular complexity index is 536. The average Bonchev–Trinajstić information content (AvgIpc) is 2.86. The van der Waals surface area contributed by atoms with Crippen molar-refractivity contribution in [3.8, 4) is 0 Å². The summed E-state index contributed by atoms with van der Waals surface area (Å²) in [5.74, 6) is 2.36. The first-order valence-corrected chi connectivity index (χ1v) is 11.4. The Morgan fingerprint density at radius 2 is 1.17 bits per heavy atom. The molecule has 0 unspecified atom stereocenters. The summed E-state index contributed by atoms with van der Waals surface area (Å²) in [6.45, 7) is 11.0. The van der Waals surface area contributed by atoms with Gasteiger partial charge in [-0.2, -0.15) is 50.5 Å². The van der Waals surface area contributed by atoms with Gasteiger partial charge in [-0.05, 0) is 36.0 Å². The highest BCUT2D eigenvalue weighted by molar-refractivity contribution is 8.20. The maximum atomic E-state index is 4.68. The summed E-state index contributed by atoms with van der Waals surface area (Å²) in [4.78, 5) is 0. The van der Waals surface area contributed by atoms with Crippen LogP contribution in [0.4, 0.5) is 0 Å². The minimum Gasteiger partial charge on any atom is -0.157 e. The molecule has 0 radical (unpaired) electrons. The van der Waals surface area contributed by atoms with Gasteiger partial charge in [0.1, 0.15) is 0 Å². The van der Waals surface area contributed by atoms with Gasteiger partial charge in [-0.25, -0.2) is 0 Å². The van der Waals surface area contributed by atoms with Gasteiger partial charge >= 0.3 is 0 Å². The Morgan fingerprint density at radius 3 is 1.48 bits per heavy atom. The zero-order chi connectivity index (χ0) is 17.7. The van der Waals surface area contributed by atoms with Crippen molar-refractivity contribution >= 4 is 74.0 Å². The predicted molar refractivity (Wildman–Crippen MR) is 123 cm³/mol. The molecule has 23 heavy (non-hydrogen) atoms. The standard InChI is InChI=1S/C17H26S6/c1-14(2,3)17(22-6-7-23-17)13-9-11(15(4,18)19)8-12(10-13)16(5,20)21/h8-10,18-21H,6-7H2,1-5H3. The number of hydrogen-bond acceptors (Lipinski definition) is 6. The molecule has 2 rings (SSSR count). The van der Waals surface area contributed by atoms with E-state index in [2.05, 4.69) is 113 Å². The molecule has 1 saturated heterocycles. The third kappa shape index (κ3) is 4.36. The van der Waals surface area contributed by atoms with E-state index >= 15 is 0 Å². The second-order valence-electron chi connectivity index (χ2n) is 7.40. The van der Waals surface area contributed by atoms with Crippen molar-refractivity contribution in [3.63, 3.8) is 0 Å². The van der Waals surface area contributed by atoms with E-state index in [-0.39, 0.29) is 9.49 Å². The maximum absolute atomic E-state index is 4.68. The van der Waals surface area contributed by atoms with Crippen molar-refractivity contribution < 1.29 is 0 Å². The zero-order valence-corrected chi connectivity index (χ0v) is 19.5. The number of thioether (sulfide) groups is 2. The normalized spacial score (nSPS) is 19.2. The van der Waals surface area contributed by atoms with Crippen molar-refractivity contribution in [1.29, 1.82) is 0 Å². The second-order valence-corrected chi connectivity index (χ2v) is 14.6. The van der Waals surface area contributed by atoms with Gasteiger partial charge in [-0.1, -0.05) is 39.0 Å². The van der Waals surface area contributed by atoms with E-state index in [0.29, 0.717) is 0 Å². The quantitative estimate of drug-likeness (QED) is 0.327. The molecule has 1 aromatic rings. The van der Waals surface area contributed by atoms with E-state index in [0.717, 1.165) is 11.1 Å². The van der Waals surface area contributed by atoms with Gasteiger partial charge in [-0.3, -0.25) is 0 Å². The monoisotopic (exact) mass is 422 g/mol. The van der Waals surface area contributed by atoms with Gasteiger partial charge in [0, 0.05) is 11.5 Å². The highest BCUT2D eigenvalue weighted by atomic mass is 32.2. The molecule has 0 bridgehead atoms. The lowest BCUT2D eigenvalue weighted by Crippen LogP contribution is -2.32. The van der Waals surface area contributed by atoms with Crippen molar-refractivity contribution in [2.75, 3.05) is 11.5 Å². The lowest BCUT2D eigenvalue weighted by molar-refractivity contribution is 0.374. The van der Waals surface area contributed by atoms with Crippen molar-refractivity contribution in [1.82, 2.24) is 0 Å². The molecule has 6 heteroatoms. The summed E-state index contributed by atoms with van der Waals surface area (Å²) < 4.78 is -0.952.